The molecule has 0 fully saturated rings. The maximum atomic E-state index is 11.7. The summed E-state index contributed by atoms with van der Waals surface area (Å²) in [6, 6.07) is 8.79. The Balaban J connectivity index is 2.30. The van der Waals surface area contributed by atoms with Crippen molar-refractivity contribution in [1.82, 2.24) is 5.32 Å². The molecular weight excluding hydrogens is 232 g/mol. The number of benzene rings is 1. The summed E-state index contributed by atoms with van der Waals surface area (Å²) in [4.78, 5) is 11.7. The highest BCUT2D eigenvalue weighted by Gasteiger charge is 2.14. The van der Waals surface area contributed by atoms with Crippen molar-refractivity contribution in [1.29, 1.82) is 0 Å². The van der Waals surface area contributed by atoms with Gasteiger partial charge in [-0.3, -0.25) is 4.79 Å². The first-order valence-electron chi connectivity index (χ1n) is 5.52. The van der Waals surface area contributed by atoms with Crippen LogP contribution in [0, 0.1) is 0 Å². The summed E-state index contributed by atoms with van der Waals surface area (Å²) in [6.07, 6.45) is 1.85. The summed E-state index contributed by atoms with van der Waals surface area (Å²) in [7, 11) is 0. The lowest BCUT2D eigenvalue weighted by Crippen LogP contribution is -2.35. The number of carbonyl (C=O) groups excluding carboxylic acids is 1. The van der Waals surface area contributed by atoms with E-state index in [1.165, 1.54) is 0 Å². The van der Waals surface area contributed by atoms with Gasteiger partial charge in [-0.05, 0) is 5.56 Å². The zero-order chi connectivity index (χ0) is 12.5. The Bertz CT molecular complexity index is 354. The summed E-state index contributed by atoms with van der Waals surface area (Å²) >= 11 is 1.73. The quantitative estimate of drug-likeness (QED) is 0.572. The molecule has 0 aliphatic rings. The summed E-state index contributed by atoms with van der Waals surface area (Å²) in [5.41, 5.74) is 6.68. The molecular formula is C13H18N2OS. The second kappa shape index (κ2) is 7.92. The third-order valence-electron chi connectivity index (χ3n) is 2.22. The van der Waals surface area contributed by atoms with Gasteiger partial charge in [-0.25, -0.2) is 0 Å². The zero-order valence-corrected chi connectivity index (χ0v) is 10.6. The van der Waals surface area contributed by atoms with Gasteiger partial charge in [0.2, 0.25) is 5.91 Å². The molecule has 1 unspecified atom stereocenters. The van der Waals surface area contributed by atoms with Gasteiger partial charge in [0, 0.05) is 18.1 Å². The average Bonchev–Trinajstić information content (AvgIpc) is 2.38. The van der Waals surface area contributed by atoms with E-state index in [1.807, 2.05) is 36.4 Å². The SMILES string of the molecule is C=CCSCCNC(=O)C(N)c1ccccc1. The van der Waals surface area contributed by atoms with Crippen LogP contribution in [-0.4, -0.2) is 24.0 Å². The van der Waals surface area contributed by atoms with Crippen molar-refractivity contribution in [2.24, 2.45) is 5.73 Å². The Morgan fingerprint density at radius 3 is 2.82 bits per heavy atom. The fraction of sp³-hybridized carbons (Fsp3) is 0.308. The minimum atomic E-state index is -0.583. The van der Waals surface area contributed by atoms with Gasteiger partial charge in [0.05, 0.1) is 0 Å². The monoisotopic (exact) mass is 250 g/mol. The molecule has 4 heteroatoms. The van der Waals surface area contributed by atoms with Crippen LogP contribution in [0.15, 0.2) is 43.0 Å². The highest BCUT2D eigenvalue weighted by molar-refractivity contribution is 7.99. The first-order chi connectivity index (χ1) is 8.25. The van der Waals surface area contributed by atoms with Gasteiger partial charge >= 0.3 is 0 Å². The molecule has 0 saturated heterocycles. The van der Waals surface area contributed by atoms with E-state index >= 15 is 0 Å². The van der Waals surface area contributed by atoms with E-state index in [1.54, 1.807) is 11.8 Å². The Labute approximate surface area is 106 Å². The summed E-state index contributed by atoms with van der Waals surface area (Å²) < 4.78 is 0. The van der Waals surface area contributed by atoms with E-state index in [2.05, 4.69) is 11.9 Å². The second-order valence-electron chi connectivity index (χ2n) is 3.54. The van der Waals surface area contributed by atoms with Gasteiger partial charge < -0.3 is 11.1 Å². The molecule has 3 nitrogen and oxygen atoms in total. The summed E-state index contributed by atoms with van der Waals surface area (Å²) in [6.45, 7) is 4.27. The molecule has 0 spiro atoms. The topological polar surface area (TPSA) is 55.1 Å². The van der Waals surface area contributed by atoms with Crippen molar-refractivity contribution in [2.45, 2.75) is 6.04 Å². The Morgan fingerprint density at radius 1 is 1.47 bits per heavy atom. The maximum absolute atomic E-state index is 11.7. The third kappa shape index (κ3) is 5.06. The summed E-state index contributed by atoms with van der Waals surface area (Å²) in [5.74, 6) is 1.65. The maximum Gasteiger partial charge on any atom is 0.241 e. The number of amides is 1. The standard InChI is InChI=1S/C13H18N2OS/c1-2-9-17-10-8-15-13(16)12(14)11-6-4-3-5-7-11/h2-7,12H,1,8-10,14H2,(H,15,16). The van der Waals surface area contributed by atoms with E-state index in [0.717, 1.165) is 17.1 Å². The summed E-state index contributed by atoms with van der Waals surface area (Å²) in [5, 5.41) is 2.82. The first kappa shape index (κ1) is 13.8. The molecule has 1 amide bonds. The molecule has 0 aliphatic carbocycles. The number of nitrogens with two attached hydrogens (primary N) is 1. The zero-order valence-electron chi connectivity index (χ0n) is 9.76. The van der Waals surface area contributed by atoms with Crippen molar-refractivity contribution in [2.75, 3.05) is 18.1 Å². The van der Waals surface area contributed by atoms with Crippen molar-refractivity contribution < 1.29 is 4.79 Å². The fourth-order valence-electron chi connectivity index (χ4n) is 1.33. The smallest absolute Gasteiger partial charge is 0.241 e. The van der Waals surface area contributed by atoms with Crippen LogP contribution in [-0.2, 0) is 4.79 Å². The van der Waals surface area contributed by atoms with Gasteiger partial charge in [-0.2, -0.15) is 11.8 Å². The molecule has 1 rings (SSSR count). The minimum Gasteiger partial charge on any atom is -0.354 e. The Kier molecular flexibility index (Phi) is 6.43. The van der Waals surface area contributed by atoms with E-state index in [9.17, 15) is 4.79 Å². The molecule has 1 aromatic rings. The second-order valence-corrected chi connectivity index (χ2v) is 4.69. The Morgan fingerprint density at radius 2 is 2.18 bits per heavy atom. The third-order valence-corrected chi connectivity index (χ3v) is 3.19. The average molecular weight is 250 g/mol. The van der Waals surface area contributed by atoms with Crippen molar-refractivity contribution in [3.63, 3.8) is 0 Å². The molecule has 92 valence electrons. The number of rotatable bonds is 7. The highest BCUT2D eigenvalue weighted by Crippen LogP contribution is 2.09. The van der Waals surface area contributed by atoms with E-state index < -0.39 is 6.04 Å². The number of nitrogens with one attached hydrogen (secondary N) is 1. The molecule has 0 aromatic heterocycles. The highest BCUT2D eigenvalue weighted by atomic mass is 32.2. The van der Waals surface area contributed by atoms with Gasteiger partial charge in [0.25, 0.3) is 0 Å². The number of hydrogen-bond donors (Lipinski definition) is 2. The minimum absolute atomic E-state index is 0.129. The van der Waals surface area contributed by atoms with Crippen LogP contribution in [0.2, 0.25) is 0 Å². The lowest BCUT2D eigenvalue weighted by atomic mass is 10.1. The lowest BCUT2D eigenvalue weighted by Gasteiger charge is -2.12. The number of thioether (sulfide) groups is 1. The van der Waals surface area contributed by atoms with Crippen molar-refractivity contribution in [3.05, 3.63) is 48.6 Å². The molecule has 1 aromatic carbocycles. The number of hydrogen-bond acceptors (Lipinski definition) is 3. The van der Waals surface area contributed by atoms with E-state index in [0.29, 0.717) is 6.54 Å². The van der Waals surface area contributed by atoms with Crippen LogP contribution in [0.3, 0.4) is 0 Å². The van der Waals surface area contributed by atoms with Gasteiger partial charge in [0.1, 0.15) is 6.04 Å². The molecule has 0 saturated carbocycles. The van der Waals surface area contributed by atoms with E-state index in [4.69, 9.17) is 5.73 Å². The van der Waals surface area contributed by atoms with Gasteiger partial charge in [0.15, 0.2) is 0 Å². The lowest BCUT2D eigenvalue weighted by molar-refractivity contribution is -0.122. The molecule has 0 radical (unpaired) electrons. The van der Waals surface area contributed by atoms with Crippen LogP contribution >= 0.6 is 11.8 Å². The predicted molar refractivity (Wildman–Crippen MR) is 73.9 cm³/mol. The van der Waals surface area contributed by atoms with Crippen LogP contribution in [0.1, 0.15) is 11.6 Å². The van der Waals surface area contributed by atoms with Gasteiger partial charge in [-0.1, -0.05) is 36.4 Å². The molecule has 0 bridgehead atoms. The van der Waals surface area contributed by atoms with Crippen LogP contribution in [0.5, 0.6) is 0 Å². The fourth-order valence-corrected chi connectivity index (χ4v) is 1.91. The first-order valence-corrected chi connectivity index (χ1v) is 6.68. The Hall–Kier alpha value is -1.26. The predicted octanol–water partition coefficient (Wildman–Crippen LogP) is 1.72. The van der Waals surface area contributed by atoms with Gasteiger partial charge in [-0.15, -0.1) is 6.58 Å². The molecule has 0 aliphatic heterocycles. The van der Waals surface area contributed by atoms with Crippen molar-refractivity contribution in [3.8, 4) is 0 Å². The molecule has 17 heavy (non-hydrogen) atoms. The normalized spacial score (nSPS) is 11.8. The van der Waals surface area contributed by atoms with E-state index in [-0.39, 0.29) is 5.91 Å². The number of carbonyl (C=O) groups is 1. The van der Waals surface area contributed by atoms with Crippen LogP contribution < -0.4 is 11.1 Å². The largest absolute Gasteiger partial charge is 0.354 e. The van der Waals surface area contributed by atoms with Crippen LogP contribution in [0.25, 0.3) is 0 Å². The molecule has 3 N–H and O–H groups in total. The van der Waals surface area contributed by atoms with Crippen LogP contribution in [0.4, 0.5) is 0 Å². The molecule has 1 atom stereocenters. The van der Waals surface area contributed by atoms with Crippen molar-refractivity contribution >= 4 is 17.7 Å². The molecule has 0 heterocycles.